The molecule has 1 heterocycles. The Bertz CT molecular complexity index is 769. The van der Waals surface area contributed by atoms with Gasteiger partial charge in [0.2, 0.25) is 0 Å². The summed E-state index contributed by atoms with van der Waals surface area (Å²) in [6.45, 7) is 3.66. The summed E-state index contributed by atoms with van der Waals surface area (Å²) in [7, 11) is 0. The first-order chi connectivity index (χ1) is 11.8. The smallest absolute Gasteiger partial charge is 0.119 e. The van der Waals surface area contributed by atoms with Gasteiger partial charge in [-0.1, -0.05) is 36.4 Å². The molecule has 1 N–H and O–H groups in total. The van der Waals surface area contributed by atoms with Crippen LogP contribution in [0.15, 0.2) is 42.5 Å². The summed E-state index contributed by atoms with van der Waals surface area (Å²) in [6, 6.07) is 15.1. The van der Waals surface area contributed by atoms with Crippen LogP contribution >= 0.6 is 0 Å². The van der Waals surface area contributed by atoms with E-state index in [1.54, 1.807) is 0 Å². The molecule has 2 aromatic rings. The van der Waals surface area contributed by atoms with Crippen LogP contribution in [0.3, 0.4) is 0 Å². The van der Waals surface area contributed by atoms with Crippen LogP contribution < -0.4 is 0 Å². The van der Waals surface area contributed by atoms with Gasteiger partial charge in [0, 0.05) is 23.9 Å². The van der Waals surface area contributed by atoms with Crippen LogP contribution in [0.1, 0.15) is 47.9 Å². The molecule has 0 atom stereocenters. The van der Waals surface area contributed by atoms with Crippen molar-refractivity contribution >= 4 is 0 Å². The van der Waals surface area contributed by atoms with E-state index in [4.69, 9.17) is 0 Å². The normalized spacial score (nSPS) is 22.2. The maximum absolute atomic E-state index is 10.5. The predicted octanol–water partition coefficient (Wildman–Crippen LogP) is 4.09. The number of hydrogen-bond acceptors (Lipinski definition) is 2. The van der Waals surface area contributed by atoms with Gasteiger partial charge in [0.1, 0.15) is 5.75 Å². The third-order valence-electron chi connectivity index (χ3n) is 6.49. The van der Waals surface area contributed by atoms with E-state index in [2.05, 4.69) is 35.2 Å². The fraction of sp³-hybridized carbons (Fsp3) is 0.455. The Labute approximate surface area is 144 Å². The highest BCUT2D eigenvalue weighted by Crippen LogP contribution is 2.50. The summed E-state index contributed by atoms with van der Waals surface area (Å²) in [5, 5.41) is 10.5. The molecule has 124 valence electrons. The monoisotopic (exact) mass is 319 g/mol. The van der Waals surface area contributed by atoms with Gasteiger partial charge in [-0.15, -0.1) is 0 Å². The van der Waals surface area contributed by atoms with E-state index in [1.165, 1.54) is 62.0 Å². The van der Waals surface area contributed by atoms with Crippen LogP contribution in [0.2, 0.25) is 0 Å². The zero-order chi connectivity index (χ0) is 16.1. The number of likely N-dealkylation sites (tertiary alicyclic amines) is 1. The summed E-state index contributed by atoms with van der Waals surface area (Å²) in [4.78, 5) is 2.67. The molecular weight excluding hydrogens is 294 g/mol. The molecule has 1 saturated carbocycles. The summed E-state index contributed by atoms with van der Waals surface area (Å²) in [5.41, 5.74) is 5.55. The third kappa shape index (κ3) is 2.20. The minimum absolute atomic E-state index is 0.100. The number of phenolic OH excluding ortho intramolecular Hbond substituents is 1. The van der Waals surface area contributed by atoms with E-state index < -0.39 is 0 Å². The lowest BCUT2D eigenvalue weighted by Crippen LogP contribution is -2.46. The highest BCUT2D eigenvalue weighted by molar-refractivity contribution is 5.57. The van der Waals surface area contributed by atoms with Gasteiger partial charge in [0.15, 0.2) is 0 Å². The van der Waals surface area contributed by atoms with Crippen LogP contribution in [0.5, 0.6) is 5.75 Å². The van der Waals surface area contributed by atoms with E-state index in [-0.39, 0.29) is 5.41 Å². The summed E-state index contributed by atoms with van der Waals surface area (Å²) in [6.07, 6.45) is 6.08. The first kappa shape index (κ1) is 14.5. The van der Waals surface area contributed by atoms with Gasteiger partial charge in [0.25, 0.3) is 0 Å². The fourth-order valence-electron chi connectivity index (χ4n) is 5.01. The third-order valence-corrected chi connectivity index (χ3v) is 6.49. The topological polar surface area (TPSA) is 23.5 Å². The van der Waals surface area contributed by atoms with Crippen molar-refractivity contribution in [2.75, 3.05) is 19.6 Å². The molecule has 2 aliphatic carbocycles. The van der Waals surface area contributed by atoms with Gasteiger partial charge >= 0.3 is 0 Å². The highest BCUT2D eigenvalue weighted by Gasteiger charge is 2.43. The Morgan fingerprint density at radius 3 is 2.50 bits per heavy atom. The predicted molar refractivity (Wildman–Crippen MR) is 96.5 cm³/mol. The number of fused-ring (bicyclic) bond motifs is 4. The van der Waals surface area contributed by atoms with Crippen LogP contribution in [0.25, 0.3) is 0 Å². The Balaban J connectivity index is 1.56. The van der Waals surface area contributed by atoms with Crippen LogP contribution in [-0.4, -0.2) is 29.6 Å². The molecule has 0 amide bonds. The lowest BCUT2D eigenvalue weighted by Gasteiger charge is -2.46. The number of hydrogen-bond donors (Lipinski definition) is 1. The minimum atomic E-state index is 0.100. The van der Waals surface area contributed by atoms with Crippen molar-refractivity contribution in [2.24, 2.45) is 5.92 Å². The Hall–Kier alpha value is -1.80. The second-order valence-electron chi connectivity index (χ2n) is 7.96. The van der Waals surface area contributed by atoms with Crippen molar-refractivity contribution in [3.8, 4) is 5.75 Å². The number of benzene rings is 2. The van der Waals surface area contributed by atoms with Crippen LogP contribution in [0.4, 0.5) is 0 Å². The lowest BCUT2D eigenvalue weighted by molar-refractivity contribution is 0.171. The molecule has 24 heavy (non-hydrogen) atoms. The molecule has 2 aromatic carbocycles. The standard InChI is InChI=1S/C22H25NO/c24-21-7-3-6-20-18(21)14-17-4-1-2-5-19(17)22(20)10-12-23(13-11-22)15-16-8-9-16/h1-7,16,24H,8-15H2. The maximum atomic E-state index is 10.5. The van der Waals surface area contributed by atoms with E-state index in [1.807, 2.05) is 12.1 Å². The van der Waals surface area contributed by atoms with E-state index in [0.29, 0.717) is 5.75 Å². The van der Waals surface area contributed by atoms with Gasteiger partial charge in [-0.2, -0.15) is 0 Å². The average molecular weight is 319 g/mol. The molecule has 0 aromatic heterocycles. The number of piperidine rings is 1. The fourth-order valence-corrected chi connectivity index (χ4v) is 5.01. The second-order valence-corrected chi connectivity index (χ2v) is 7.96. The van der Waals surface area contributed by atoms with E-state index in [0.717, 1.165) is 17.9 Å². The highest BCUT2D eigenvalue weighted by atomic mass is 16.3. The van der Waals surface area contributed by atoms with E-state index in [9.17, 15) is 5.11 Å². The van der Waals surface area contributed by atoms with Crippen molar-refractivity contribution in [3.63, 3.8) is 0 Å². The molecule has 2 heteroatoms. The zero-order valence-electron chi connectivity index (χ0n) is 14.2. The second kappa shape index (κ2) is 5.35. The molecule has 0 unspecified atom stereocenters. The van der Waals surface area contributed by atoms with Crippen molar-refractivity contribution in [1.29, 1.82) is 0 Å². The molecule has 2 fully saturated rings. The lowest BCUT2D eigenvalue weighted by atomic mass is 9.62. The zero-order valence-corrected chi connectivity index (χ0v) is 14.2. The van der Waals surface area contributed by atoms with Crippen LogP contribution in [0, 0.1) is 5.92 Å². The Morgan fingerprint density at radius 2 is 1.71 bits per heavy atom. The molecule has 3 aliphatic rings. The first-order valence-electron chi connectivity index (χ1n) is 9.38. The van der Waals surface area contributed by atoms with Gasteiger partial charge in [0.05, 0.1) is 0 Å². The van der Waals surface area contributed by atoms with Crippen molar-refractivity contribution in [2.45, 2.75) is 37.5 Å². The minimum Gasteiger partial charge on any atom is -0.508 e. The first-order valence-corrected chi connectivity index (χ1v) is 9.38. The quantitative estimate of drug-likeness (QED) is 0.901. The summed E-state index contributed by atoms with van der Waals surface area (Å²) >= 11 is 0. The number of aromatic hydroxyl groups is 1. The SMILES string of the molecule is Oc1cccc2c1Cc1ccccc1C21CCN(CC2CC2)CC1. The summed E-state index contributed by atoms with van der Waals surface area (Å²) in [5.74, 6) is 1.44. The molecule has 1 spiro atoms. The maximum Gasteiger partial charge on any atom is 0.119 e. The van der Waals surface area contributed by atoms with Gasteiger partial charge in [-0.25, -0.2) is 0 Å². The number of nitrogens with zero attached hydrogens (tertiary/aromatic N) is 1. The molecular formula is C22H25NO. The van der Waals surface area contributed by atoms with Gasteiger partial charge in [-0.3, -0.25) is 0 Å². The average Bonchev–Trinajstić information content (AvgIpc) is 3.42. The molecule has 5 rings (SSSR count). The van der Waals surface area contributed by atoms with Gasteiger partial charge < -0.3 is 10.0 Å². The van der Waals surface area contributed by atoms with Crippen LogP contribution in [-0.2, 0) is 11.8 Å². The van der Waals surface area contributed by atoms with Gasteiger partial charge in [-0.05, 0) is 67.4 Å². The largest absolute Gasteiger partial charge is 0.508 e. The van der Waals surface area contributed by atoms with Crippen molar-refractivity contribution in [3.05, 3.63) is 64.7 Å². The molecule has 0 radical (unpaired) electrons. The molecule has 1 saturated heterocycles. The number of phenols is 1. The summed E-state index contributed by atoms with van der Waals surface area (Å²) < 4.78 is 0. The van der Waals surface area contributed by atoms with Crippen molar-refractivity contribution < 1.29 is 5.11 Å². The van der Waals surface area contributed by atoms with Crippen molar-refractivity contribution in [1.82, 2.24) is 4.90 Å². The van der Waals surface area contributed by atoms with E-state index >= 15 is 0 Å². The number of rotatable bonds is 2. The molecule has 0 bridgehead atoms. The Morgan fingerprint density at radius 1 is 0.958 bits per heavy atom. The Kier molecular flexibility index (Phi) is 3.24. The molecule has 2 nitrogen and oxygen atoms in total. The molecule has 1 aliphatic heterocycles.